The van der Waals surface area contributed by atoms with Crippen LogP contribution in [-0.4, -0.2) is 11.1 Å². The zero-order valence-electron chi connectivity index (χ0n) is 11.3. The van der Waals surface area contributed by atoms with Crippen LogP contribution in [0.4, 0.5) is 11.4 Å². The largest absolute Gasteiger partial charge is 0.478 e. The molecule has 0 amide bonds. The highest BCUT2D eigenvalue weighted by molar-refractivity contribution is 5.95. The number of aromatic carboxylic acids is 1. The first kappa shape index (κ1) is 13.9. The van der Waals surface area contributed by atoms with Crippen molar-refractivity contribution in [1.29, 1.82) is 0 Å². The molecule has 1 atom stereocenters. The lowest BCUT2D eigenvalue weighted by Crippen LogP contribution is -2.13. The number of rotatable bonds is 5. The summed E-state index contributed by atoms with van der Waals surface area (Å²) in [5, 5.41) is 12.5. The fraction of sp³-hybridized carbons (Fsp3) is 0.188. The van der Waals surface area contributed by atoms with E-state index in [1.165, 1.54) is 6.07 Å². The van der Waals surface area contributed by atoms with Crippen molar-refractivity contribution in [2.45, 2.75) is 19.4 Å². The Labute approximate surface area is 118 Å². The van der Waals surface area contributed by atoms with Crippen molar-refractivity contribution in [1.82, 2.24) is 0 Å². The molecular formula is C16H18N2O2. The average molecular weight is 270 g/mol. The molecule has 0 aromatic heterocycles. The smallest absolute Gasteiger partial charge is 0.337 e. The summed E-state index contributed by atoms with van der Waals surface area (Å²) in [4.78, 5) is 11.3. The van der Waals surface area contributed by atoms with E-state index < -0.39 is 5.97 Å². The molecule has 0 fully saturated rings. The number of anilines is 2. The van der Waals surface area contributed by atoms with Gasteiger partial charge in [-0.15, -0.1) is 0 Å². The standard InChI is InChI=1S/C16H18N2O2/c1-2-14(11-6-4-3-5-7-11)18-15-9-8-12(17)10-13(15)16(19)20/h3-10,14,18H,2,17H2,1H3,(H,19,20). The summed E-state index contributed by atoms with van der Waals surface area (Å²) in [7, 11) is 0. The van der Waals surface area contributed by atoms with Gasteiger partial charge in [0.05, 0.1) is 11.6 Å². The maximum absolute atomic E-state index is 11.3. The molecule has 4 N–H and O–H groups in total. The van der Waals surface area contributed by atoms with E-state index in [4.69, 9.17) is 5.73 Å². The van der Waals surface area contributed by atoms with E-state index >= 15 is 0 Å². The summed E-state index contributed by atoms with van der Waals surface area (Å²) in [5.74, 6) is -0.984. The van der Waals surface area contributed by atoms with Gasteiger partial charge in [-0.3, -0.25) is 0 Å². The van der Waals surface area contributed by atoms with Crippen LogP contribution in [0.2, 0.25) is 0 Å². The summed E-state index contributed by atoms with van der Waals surface area (Å²) in [5.41, 5.74) is 8.00. The average Bonchev–Trinajstić information content (AvgIpc) is 2.46. The second-order valence-corrected chi connectivity index (χ2v) is 4.63. The highest BCUT2D eigenvalue weighted by Gasteiger charge is 2.14. The lowest BCUT2D eigenvalue weighted by molar-refractivity contribution is 0.0698. The van der Waals surface area contributed by atoms with Crippen molar-refractivity contribution in [3.63, 3.8) is 0 Å². The third kappa shape index (κ3) is 3.09. The fourth-order valence-corrected chi connectivity index (χ4v) is 2.16. The van der Waals surface area contributed by atoms with Gasteiger partial charge in [0.1, 0.15) is 0 Å². The summed E-state index contributed by atoms with van der Waals surface area (Å²) < 4.78 is 0. The number of carboxylic acids is 1. The summed E-state index contributed by atoms with van der Waals surface area (Å²) in [6, 6.07) is 14.9. The maximum Gasteiger partial charge on any atom is 0.337 e. The van der Waals surface area contributed by atoms with E-state index in [0.717, 1.165) is 12.0 Å². The molecule has 0 saturated heterocycles. The summed E-state index contributed by atoms with van der Waals surface area (Å²) in [6.07, 6.45) is 0.855. The topological polar surface area (TPSA) is 75.3 Å². The third-order valence-corrected chi connectivity index (χ3v) is 3.21. The lowest BCUT2D eigenvalue weighted by atomic mass is 10.0. The number of benzene rings is 2. The van der Waals surface area contributed by atoms with Gasteiger partial charge in [-0.2, -0.15) is 0 Å². The number of nitrogen functional groups attached to an aromatic ring is 1. The Morgan fingerprint density at radius 3 is 2.55 bits per heavy atom. The van der Waals surface area contributed by atoms with Crippen LogP contribution in [0.25, 0.3) is 0 Å². The molecule has 104 valence electrons. The minimum absolute atomic E-state index is 0.0675. The molecule has 1 unspecified atom stereocenters. The Morgan fingerprint density at radius 2 is 1.95 bits per heavy atom. The molecule has 20 heavy (non-hydrogen) atoms. The quantitative estimate of drug-likeness (QED) is 0.726. The van der Waals surface area contributed by atoms with Crippen LogP contribution in [0.1, 0.15) is 35.3 Å². The highest BCUT2D eigenvalue weighted by Crippen LogP contribution is 2.26. The van der Waals surface area contributed by atoms with Gasteiger partial charge in [0.15, 0.2) is 0 Å². The third-order valence-electron chi connectivity index (χ3n) is 3.21. The SMILES string of the molecule is CCC(Nc1ccc(N)cc1C(=O)O)c1ccccc1. The normalized spacial score (nSPS) is 11.8. The van der Waals surface area contributed by atoms with Gasteiger partial charge in [0, 0.05) is 11.4 Å². The zero-order chi connectivity index (χ0) is 14.5. The Morgan fingerprint density at radius 1 is 1.25 bits per heavy atom. The van der Waals surface area contributed by atoms with E-state index in [1.54, 1.807) is 12.1 Å². The molecule has 2 aromatic rings. The number of hydrogen-bond acceptors (Lipinski definition) is 3. The monoisotopic (exact) mass is 270 g/mol. The van der Waals surface area contributed by atoms with Crippen molar-refractivity contribution >= 4 is 17.3 Å². The number of hydrogen-bond donors (Lipinski definition) is 3. The van der Waals surface area contributed by atoms with Crippen LogP contribution in [-0.2, 0) is 0 Å². The van der Waals surface area contributed by atoms with Gasteiger partial charge in [-0.25, -0.2) is 4.79 Å². The molecule has 2 rings (SSSR count). The molecule has 4 heteroatoms. The van der Waals surface area contributed by atoms with Gasteiger partial charge in [-0.1, -0.05) is 37.3 Å². The van der Waals surface area contributed by atoms with Crippen molar-refractivity contribution < 1.29 is 9.90 Å². The van der Waals surface area contributed by atoms with E-state index in [9.17, 15) is 9.90 Å². The molecule has 0 radical (unpaired) electrons. The number of carboxylic acid groups (broad SMARTS) is 1. The Kier molecular flexibility index (Phi) is 4.25. The van der Waals surface area contributed by atoms with E-state index in [-0.39, 0.29) is 11.6 Å². The van der Waals surface area contributed by atoms with Crippen molar-refractivity contribution in [2.75, 3.05) is 11.1 Å². The van der Waals surface area contributed by atoms with Gasteiger partial charge in [0.2, 0.25) is 0 Å². The first-order valence-electron chi connectivity index (χ1n) is 6.56. The predicted octanol–water partition coefficient (Wildman–Crippen LogP) is 3.53. The van der Waals surface area contributed by atoms with Crippen molar-refractivity contribution in [2.24, 2.45) is 0 Å². The van der Waals surface area contributed by atoms with Crippen LogP contribution in [0, 0.1) is 0 Å². The summed E-state index contributed by atoms with van der Waals surface area (Å²) >= 11 is 0. The van der Waals surface area contributed by atoms with E-state index in [0.29, 0.717) is 11.4 Å². The van der Waals surface area contributed by atoms with Crippen LogP contribution >= 0.6 is 0 Å². The van der Waals surface area contributed by atoms with E-state index in [2.05, 4.69) is 12.2 Å². The highest BCUT2D eigenvalue weighted by atomic mass is 16.4. The number of nitrogens with two attached hydrogens (primary N) is 1. The first-order chi connectivity index (χ1) is 9.61. The molecule has 0 aliphatic heterocycles. The second-order valence-electron chi connectivity index (χ2n) is 4.63. The maximum atomic E-state index is 11.3. The van der Waals surface area contributed by atoms with Crippen molar-refractivity contribution in [3.05, 3.63) is 59.7 Å². The Balaban J connectivity index is 2.31. The van der Waals surface area contributed by atoms with Gasteiger partial charge < -0.3 is 16.2 Å². The van der Waals surface area contributed by atoms with E-state index in [1.807, 2.05) is 30.3 Å². The summed E-state index contributed by atoms with van der Waals surface area (Å²) in [6.45, 7) is 2.06. The molecule has 0 spiro atoms. The lowest BCUT2D eigenvalue weighted by Gasteiger charge is -2.20. The van der Waals surface area contributed by atoms with Crippen LogP contribution in [0.3, 0.4) is 0 Å². The van der Waals surface area contributed by atoms with Gasteiger partial charge in [0.25, 0.3) is 0 Å². The van der Waals surface area contributed by atoms with Gasteiger partial charge in [-0.05, 0) is 30.2 Å². The molecular weight excluding hydrogens is 252 g/mol. The van der Waals surface area contributed by atoms with Crippen LogP contribution in [0.5, 0.6) is 0 Å². The Hall–Kier alpha value is -2.49. The van der Waals surface area contributed by atoms with Crippen molar-refractivity contribution in [3.8, 4) is 0 Å². The predicted molar refractivity (Wildman–Crippen MR) is 80.9 cm³/mol. The molecule has 0 saturated carbocycles. The molecule has 4 nitrogen and oxygen atoms in total. The minimum atomic E-state index is -0.984. The minimum Gasteiger partial charge on any atom is -0.478 e. The number of nitrogens with one attached hydrogen (secondary N) is 1. The molecule has 2 aromatic carbocycles. The van der Waals surface area contributed by atoms with Gasteiger partial charge >= 0.3 is 5.97 Å². The second kappa shape index (κ2) is 6.10. The van der Waals surface area contributed by atoms with Crippen LogP contribution < -0.4 is 11.1 Å². The molecule has 0 bridgehead atoms. The first-order valence-corrected chi connectivity index (χ1v) is 6.56. The molecule has 0 heterocycles. The zero-order valence-corrected chi connectivity index (χ0v) is 11.3. The number of carbonyl (C=O) groups is 1. The Bertz CT molecular complexity index is 597. The van der Waals surface area contributed by atoms with Crippen LogP contribution in [0.15, 0.2) is 48.5 Å². The fourth-order valence-electron chi connectivity index (χ4n) is 2.16. The molecule has 0 aliphatic rings. The molecule has 0 aliphatic carbocycles.